The normalized spacial score (nSPS) is 18.9. The van der Waals surface area contributed by atoms with Crippen molar-refractivity contribution in [3.63, 3.8) is 0 Å². The van der Waals surface area contributed by atoms with E-state index in [-0.39, 0.29) is 30.1 Å². The van der Waals surface area contributed by atoms with Gasteiger partial charge in [0.2, 0.25) is 5.91 Å². The Morgan fingerprint density at radius 3 is 2.56 bits per heavy atom. The lowest BCUT2D eigenvalue weighted by molar-refractivity contribution is -0.134. The summed E-state index contributed by atoms with van der Waals surface area (Å²) >= 11 is 0. The molecule has 0 aromatic heterocycles. The van der Waals surface area contributed by atoms with Crippen molar-refractivity contribution >= 4 is 24.2 Å². The quantitative estimate of drug-likeness (QED) is 0.581. The van der Waals surface area contributed by atoms with E-state index in [1.165, 1.54) is 0 Å². The van der Waals surface area contributed by atoms with Gasteiger partial charge in [-0.1, -0.05) is 13.8 Å². The Hall–Kier alpha value is -0.850. The molecule has 1 rings (SSSR count). The minimum atomic E-state index is -0.412. The van der Waals surface area contributed by atoms with Crippen molar-refractivity contribution in [2.24, 2.45) is 5.92 Å². The van der Waals surface area contributed by atoms with E-state index in [2.05, 4.69) is 16.0 Å². The number of halogens is 1. The number of nitrogens with one attached hydrogen (secondary N) is 3. The Bertz CT molecular complexity index is 268. The largest absolute Gasteiger partial charge is 0.366 e. The van der Waals surface area contributed by atoms with Crippen LogP contribution in [0.3, 0.4) is 0 Å². The van der Waals surface area contributed by atoms with E-state index in [1.807, 2.05) is 13.8 Å². The van der Waals surface area contributed by atoms with Gasteiger partial charge in [0.05, 0.1) is 6.61 Å². The van der Waals surface area contributed by atoms with Gasteiger partial charge in [0, 0.05) is 32.1 Å². The summed E-state index contributed by atoms with van der Waals surface area (Å²) in [6.45, 7) is 6.42. The fourth-order valence-electron chi connectivity index (χ4n) is 1.42. The molecule has 1 saturated heterocycles. The highest BCUT2D eigenvalue weighted by atomic mass is 35.5. The van der Waals surface area contributed by atoms with Crippen molar-refractivity contribution in [1.29, 1.82) is 0 Å². The summed E-state index contributed by atoms with van der Waals surface area (Å²) in [4.78, 5) is 22.8. The summed E-state index contributed by atoms with van der Waals surface area (Å²) in [6.07, 6.45) is -0.412. The number of carbonyl (C=O) groups is 2. The number of morpholine rings is 1. The fraction of sp³-hybridized carbons (Fsp3) is 0.818. The van der Waals surface area contributed by atoms with Gasteiger partial charge in [-0.2, -0.15) is 0 Å². The number of hydrogen-bond acceptors (Lipinski definition) is 4. The highest BCUT2D eigenvalue weighted by Gasteiger charge is 2.20. The van der Waals surface area contributed by atoms with Crippen molar-refractivity contribution in [2.45, 2.75) is 20.0 Å². The first-order valence-corrected chi connectivity index (χ1v) is 5.99. The van der Waals surface area contributed by atoms with Crippen LogP contribution in [0.25, 0.3) is 0 Å². The molecule has 1 fully saturated rings. The molecule has 1 aliphatic heterocycles. The third-order valence-electron chi connectivity index (χ3n) is 2.47. The lowest BCUT2D eigenvalue weighted by atomic mass is 10.2. The number of amides is 2. The highest BCUT2D eigenvalue weighted by molar-refractivity contribution is 5.85. The van der Waals surface area contributed by atoms with Gasteiger partial charge in [-0.15, -0.1) is 12.4 Å². The third-order valence-corrected chi connectivity index (χ3v) is 2.47. The second kappa shape index (κ2) is 9.13. The average molecular weight is 280 g/mol. The lowest BCUT2D eigenvalue weighted by Crippen LogP contribution is -2.49. The molecular weight excluding hydrogens is 258 g/mol. The van der Waals surface area contributed by atoms with Crippen LogP contribution in [0.15, 0.2) is 0 Å². The summed E-state index contributed by atoms with van der Waals surface area (Å²) in [5.41, 5.74) is 0. The number of hydrogen-bond donors (Lipinski definition) is 3. The first kappa shape index (κ1) is 17.2. The molecule has 0 aliphatic carbocycles. The maximum Gasteiger partial charge on any atom is 0.250 e. The average Bonchev–Trinajstić information content (AvgIpc) is 2.35. The molecule has 18 heavy (non-hydrogen) atoms. The van der Waals surface area contributed by atoms with Crippen LogP contribution >= 0.6 is 12.4 Å². The van der Waals surface area contributed by atoms with E-state index in [1.54, 1.807) is 0 Å². The van der Waals surface area contributed by atoms with Crippen LogP contribution in [-0.2, 0) is 14.3 Å². The molecule has 1 heterocycles. The molecule has 0 spiro atoms. The SMILES string of the molecule is CC(C)C(=O)NCCNC(=O)C1CNCCO1.Cl. The van der Waals surface area contributed by atoms with Crippen LogP contribution in [-0.4, -0.2) is 50.7 Å². The smallest absolute Gasteiger partial charge is 0.250 e. The predicted octanol–water partition coefficient (Wildman–Crippen LogP) is -0.715. The van der Waals surface area contributed by atoms with Gasteiger partial charge < -0.3 is 20.7 Å². The summed E-state index contributed by atoms with van der Waals surface area (Å²) < 4.78 is 5.29. The van der Waals surface area contributed by atoms with Crippen LogP contribution < -0.4 is 16.0 Å². The standard InChI is InChI=1S/C11H21N3O3.ClH/c1-8(2)10(15)13-3-4-14-11(16)9-7-12-5-6-17-9;/h8-9,12H,3-7H2,1-2H3,(H,13,15)(H,14,16);1H. The van der Waals surface area contributed by atoms with Gasteiger partial charge in [-0.25, -0.2) is 0 Å². The number of carbonyl (C=O) groups excluding carboxylic acids is 2. The summed E-state index contributed by atoms with van der Waals surface area (Å²) in [6, 6.07) is 0. The van der Waals surface area contributed by atoms with E-state index < -0.39 is 6.10 Å². The maximum absolute atomic E-state index is 11.6. The zero-order chi connectivity index (χ0) is 12.7. The number of rotatable bonds is 5. The molecule has 1 atom stereocenters. The van der Waals surface area contributed by atoms with Crippen LogP contribution in [0.5, 0.6) is 0 Å². The predicted molar refractivity (Wildman–Crippen MR) is 70.7 cm³/mol. The topological polar surface area (TPSA) is 79.5 Å². The van der Waals surface area contributed by atoms with Gasteiger partial charge >= 0.3 is 0 Å². The molecule has 0 saturated carbocycles. The van der Waals surface area contributed by atoms with Crippen molar-refractivity contribution in [3.05, 3.63) is 0 Å². The second-order valence-corrected chi connectivity index (χ2v) is 4.30. The Morgan fingerprint density at radius 1 is 1.33 bits per heavy atom. The van der Waals surface area contributed by atoms with Gasteiger partial charge in [0.1, 0.15) is 6.10 Å². The van der Waals surface area contributed by atoms with Gasteiger partial charge in [-0.05, 0) is 0 Å². The van der Waals surface area contributed by atoms with Crippen molar-refractivity contribution < 1.29 is 14.3 Å². The summed E-state index contributed by atoms with van der Waals surface area (Å²) in [5, 5.41) is 8.54. The molecule has 0 radical (unpaired) electrons. The molecule has 0 aromatic rings. The first-order valence-electron chi connectivity index (χ1n) is 5.99. The lowest BCUT2D eigenvalue weighted by Gasteiger charge is -2.22. The Balaban J connectivity index is 0.00000289. The van der Waals surface area contributed by atoms with E-state index >= 15 is 0 Å². The molecule has 6 nitrogen and oxygen atoms in total. The molecule has 0 bridgehead atoms. The Morgan fingerprint density at radius 2 is 2.00 bits per heavy atom. The van der Waals surface area contributed by atoms with Crippen molar-refractivity contribution in [2.75, 3.05) is 32.8 Å². The van der Waals surface area contributed by atoms with E-state index in [0.717, 1.165) is 6.54 Å². The molecule has 3 N–H and O–H groups in total. The Labute approximate surface area is 114 Å². The van der Waals surface area contributed by atoms with Gasteiger partial charge in [0.15, 0.2) is 0 Å². The number of ether oxygens (including phenoxy) is 1. The minimum absolute atomic E-state index is 0. The van der Waals surface area contributed by atoms with Gasteiger partial charge in [0.25, 0.3) is 5.91 Å². The monoisotopic (exact) mass is 279 g/mol. The molecule has 7 heteroatoms. The fourth-order valence-corrected chi connectivity index (χ4v) is 1.42. The van der Waals surface area contributed by atoms with Crippen LogP contribution in [0.1, 0.15) is 13.8 Å². The van der Waals surface area contributed by atoms with E-state index in [9.17, 15) is 9.59 Å². The van der Waals surface area contributed by atoms with E-state index in [4.69, 9.17) is 4.74 Å². The van der Waals surface area contributed by atoms with Crippen molar-refractivity contribution in [3.8, 4) is 0 Å². The summed E-state index contributed by atoms with van der Waals surface area (Å²) in [5.74, 6) is -0.164. The Kier molecular flexibility index (Phi) is 8.70. The van der Waals surface area contributed by atoms with Crippen LogP contribution in [0, 0.1) is 5.92 Å². The first-order chi connectivity index (χ1) is 8.11. The van der Waals surface area contributed by atoms with Crippen LogP contribution in [0.4, 0.5) is 0 Å². The molecule has 1 unspecified atom stereocenters. The van der Waals surface area contributed by atoms with E-state index in [0.29, 0.717) is 26.2 Å². The van der Waals surface area contributed by atoms with Gasteiger partial charge in [-0.3, -0.25) is 9.59 Å². The van der Waals surface area contributed by atoms with Crippen LogP contribution in [0.2, 0.25) is 0 Å². The second-order valence-electron chi connectivity index (χ2n) is 4.30. The highest BCUT2D eigenvalue weighted by Crippen LogP contribution is 1.95. The zero-order valence-corrected chi connectivity index (χ0v) is 11.6. The zero-order valence-electron chi connectivity index (χ0n) is 10.8. The molecule has 0 aromatic carbocycles. The minimum Gasteiger partial charge on any atom is -0.366 e. The van der Waals surface area contributed by atoms with Crippen molar-refractivity contribution in [1.82, 2.24) is 16.0 Å². The molecule has 1 aliphatic rings. The molecular formula is C11H22ClN3O3. The molecule has 2 amide bonds. The molecule has 106 valence electrons. The third kappa shape index (κ3) is 6.18. The summed E-state index contributed by atoms with van der Waals surface area (Å²) in [7, 11) is 0. The maximum atomic E-state index is 11.6.